The van der Waals surface area contributed by atoms with Crippen LogP contribution in [0.1, 0.15) is 36.3 Å². The molecule has 1 atom stereocenters. The molecule has 3 aromatic rings. The van der Waals surface area contributed by atoms with Crippen molar-refractivity contribution in [2.45, 2.75) is 26.7 Å². The molecule has 0 saturated carbocycles. The van der Waals surface area contributed by atoms with Gasteiger partial charge in [-0.05, 0) is 42.0 Å². The van der Waals surface area contributed by atoms with E-state index in [9.17, 15) is 9.59 Å². The monoisotopic (exact) mass is 445 g/mol. The van der Waals surface area contributed by atoms with Crippen LogP contribution >= 0.6 is 0 Å². The second-order valence-electron chi connectivity index (χ2n) is 9.31. The first kappa shape index (κ1) is 22.7. The molecule has 1 N–H and O–H groups in total. The van der Waals surface area contributed by atoms with Crippen LogP contribution in [0.4, 0.5) is 0 Å². The van der Waals surface area contributed by atoms with Gasteiger partial charge in [0, 0.05) is 50.8 Å². The third-order valence-corrected chi connectivity index (χ3v) is 6.25. The lowest BCUT2D eigenvalue weighted by molar-refractivity contribution is -0.130. The predicted molar refractivity (Wildman–Crippen MR) is 127 cm³/mol. The number of carbonyl (C=O) groups excluding carboxylic acids is 2. The first-order chi connectivity index (χ1) is 15.9. The minimum absolute atomic E-state index is 0.00788. The Morgan fingerprint density at radius 3 is 2.67 bits per heavy atom. The van der Waals surface area contributed by atoms with Gasteiger partial charge in [0.15, 0.2) is 0 Å². The van der Waals surface area contributed by atoms with Gasteiger partial charge in [-0.15, -0.1) is 0 Å². The second-order valence-corrected chi connectivity index (χ2v) is 9.31. The van der Waals surface area contributed by atoms with Crippen molar-refractivity contribution < 1.29 is 9.59 Å². The summed E-state index contributed by atoms with van der Waals surface area (Å²) in [6.07, 6.45) is 6.52. The van der Waals surface area contributed by atoms with E-state index in [1.54, 1.807) is 35.1 Å². The number of hydrogen-bond donors (Lipinski definition) is 1. The molecule has 1 aliphatic heterocycles. The quantitative estimate of drug-likeness (QED) is 0.605. The summed E-state index contributed by atoms with van der Waals surface area (Å²) in [5.74, 6) is 0.226. The van der Waals surface area contributed by atoms with Crippen LogP contribution in [-0.2, 0) is 18.3 Å². The summed E-state index contributed by atoms with van der Waals surface area (Å²) in [6.45, 7) is 5.67. The molecule has 33 heavy (non-hydrogen) atoms. The van der Waals surface area contributed by atoms with Crippen LogP contribution in [0.25, 0.3) is 11.1 Å². The molecule has 4 rings (SSSR count). The lowest BCUT2D eigenvalue weighted by Crippen LogP contribution is -2.46. The normalized spacial score (nSPS) is 18.0. The molecule has 1 aliphatic rings. The summed E-state index contributed by atoms with van der Waals surface area (Å²) < 4.78 is 1.62. The van der Waals surface area contributed by atoms with Crippen molar-refractivity contribution in [3.63, 3.8) is 0 Å². The SMILES string of the molecule is CC(C)CNC(=O)[C@@]1(Cc2ccccc2-c2cccnc2)CCN(C(=O)c2ccn(C)n2)C1. The number of hydrogen-bond acceptors (Lipinski definition) is 4. The molecule has 7 heteroatoms. The number of amides is 2. The van der Waals surface area contributed by atoms with Gasteiger partial charge < -0.3 is 10.2 Å². The molecule has 2 amide bonds. The summed E-state index contributed by atoms with van der Waals surface area (Å²) in [7, 11) is 1.79. The van der Waals surface area contributed by atoms with Gasteiger partial charge in [-0.2, -0.15) is 5.10 Å². The molecular formula is C26H31N5O2. The Morgan fingerprint density at radius 2 is 1.97 bits per heavy atom. The van der Waals surface area contributed by atoms with Crippen LogP contribution in [0.5, 0.6) is 0 Å². The molecule has 2 aromatic heterocycles. The summed E-state index contributed by atoms with van der Waals surface area (Å²) in [4.78, 5) is 32.7. The van der Waals surface area contributed by atoms with E-state index in [1.807, 2.05) is 30.5 Å². The van der Waals surface area contributed by atoms with Gasteiger partial charge in [-0.25, -0.2) is 0 Å². The van der Waals surface area contributed by atoms with E-state index in [2.05, 4.69) is 41.4 Å². The van der Waals surface area contributed by atoms with E-state index in [4.69, 9.17) is 0 Å². The third kappa shape index (κ3) is 4.97. The first-order valence-corrected chi connectivity index (χ1v) is 11.4. The van der Waals surface area contributed by atoms with Crippen molar-refractivity contribution in [2.24, 2.45) is 18.4 Å². The lowest BCUT2D eigenvalue weighted by atomic mass is 9.78. The molecule has 0 aliphatic carbocycles. The Morgan fingerprint density at radius 1 is 1.15 bits per heavy atom. The highest BCUT2D eigenvalue weighted by Gasteiger charge is 2.46. The molecular weight excluding hydrogens is 414 g/mol. The van der Waals surface area contributed by atoms with E-state index in [0.717, 1.165) is 16.7 Å². The topological polar surface area (TPSA) is 80.1 Å². The van der Waals surface area contributed by atoms with Crippen LogP contribution in [0.3, 0.4) is 0 Å². The zero-order valence-electron chi connectivity index (χ0n) is 19.5. The highest BCUT2D eigenvalue weighted by atomic mass is 16.2. The van der Waals surface area contributed by atoms with Gasteiger partial charge in [-0.3, -0.25) is 19.3 Å². The lowest BCUT2D eigenvalue weighted by Gasteiger charge is -2.29. The summed E-state index contributed by atoms with van der Waals surface area (Å²) >= 11 is 0. The number of nitrogens with one attached hydrogen (secondary N) is 1. The van der Waals surface area contributed by atoms with Crippen molar-refractivity contribution >= 4 is 11.8 Å². The molecule has 7 nitrogen and oxygen atoms in total. The minimum Gasteiger partial charge on any atom is -0.355 e. The van der Waals surface area contributed by atoms with Gasteiger partial charge in [0.1, 0.15) is 5.69 Å². The Balaban J connectivity index is 1.64. The van der Waals surface area contributed by atoms with Crippen LogP contribution in [-0.4, -0.2) is 51.1 Å². The number of aromatic nitrogens is 3. The van der Waals surface area contributed by atoms with Crippen molar-refractivity contribution in [3.8, 4) is 11.1 Å². The molecule has 0 spiro atoms. The number of carbonyl (C=O) groups is 2. The van der Waals surface area contributed by atoms with E-state index in [-0.39, 0.29) is 11.8 Å². The van der Waals surface area contributed by atoms with Crippen molar-refractivity contribution in [2.75, 3.05) is 19.6 Å². The van der Waals surface area contributed by atoms with Gasteiger partial charge in [0.25, 0.3) is 5.91 Å². The number of rotatable bonds is 7. The summed E-state index contributed by atoms with van der Waals surface area (Å²) in [6, 6.07) is 13.8. The standard InChI is InChI=1S/C26H31N5O2/c1-19(2)16-28-25(33)26(11-14-31(18-26)24(32)23-10-13-30(3)29-23)15-20-7-4-5-9-22(20)21-8-6-12-27-17-21/h4-10,12-13,17,19H,11,14-16,18H2,1-3H3,(H,28,33)/t26-/m1/s1. The Kier molecular flexibility index (Phi) is 6.58. The van der Waals surface area contributed by atoms with Gasteiger partial charge in [0.05, 0.1) is 5.41 Å². The van der Waals surface area contributed by atoms with Gasteiger partial charge in [-0.1, -0.05) is 44.2 Å². The van der Waals surface area contributed by atoms with Crippen LogP contribution < -0.4 is 5.32 Å². The van der Waals surface area contributed by atoms with E-state index in [1.165, 1.54) is 0 Å². The maximum absolute atomic E-state index is 13.6. The zero-order chi connectivity index (χ0) is 23.4. The van der Waals surface area contributed by atoms with E-state index in [0.29, 0.717) is 44.1 Å². The molecule has 1 fully saturated rings. The maximum atomic E-state index is 13.6. The van der Waals surface area contributed by atoms with E-state index < -0.39 is 5.41 Å². The fourth-order valence-corrected chi connectivity index (χ4v) is 4.47. The summed E-state index contributed by atoms with van der Waals surface area (Å²) in [5, 5.41) is 7.40. The van der Waals surface area contributed by atoms with E-state index >= 15 is 0 Å². The highest BCUT2D eigenvalue weighted by molar-refractivity contribution is 5.94. The smallest absolute Gasteiger partial charge is 0.274 e. The van der Waals surface area contributed by atoms with Crippen LogP contribution in [0, 0.1) is 11.3 Å². The van der Waals surface area contributed by atoms with Crippen molar-refractivity contribution in [1.82, 2.24) is 25.0 Å². The highest BCUT2D eigenvalue weighted by Crippen LogP contribution is 2.38. The zero-order valence-corrected chi connectivity index (χ0v) is 19.5. The minimum atomic E-state index is -0.697. The fraction of sp³-hybridized carbons (Fsp3) is 0.385. The second kappa shape index (κ2) is 9.57. The molecule has 1 aromatic carbocycles. The molecule has 0 unspecified atom stereocenters. The number of pyridine rings is 1. The third-order valence-electron chi connectivity index (χ3n) is 6.25. The average molecular weight is 446 g/mol. The Bertz CT molecular complexity index is 1120. The van der Waals surface area contributed by atoms with Crippen LogP contribution in [0.15, 0.2) is 61.1 Å². The Hall–Kier alpha value is -3.48. The number of benzene rings is 1. The summed E-state index contributed by atoms with van der Waals surface area (Å²) in [5.41, 5.74) is 2.88. The molecule has 1 saturated heterocycles. The number of nitrogens with zero attached hydrogens (tertiary/aromatic N) is 4. The predicted octanol–water partition coefficient (Wildman–Crippen LogP) is 3.33. The average Bonchev–Trinajstić information content (AvgIpc) is 3.45. The van der Waals surface area contributed by atoms with Crippen molar-refractivity contribution in [1.29, 1.82) is 0 Å². The molecule has 0 bridgehead atoms. The number of likely N-dealkylation sites (tertiary alicyclic amines) is 1. The first-order valence-electron chi connectivity index (χ1n) is 11.4. The van der Waals surface area contributed by atoms with Crippen LogP contribution in [0.2, 0.25) is 0 Å². The fourth-order valence-electron chi connectivity index (χ4n) is 4.47. The Labute approximate surface area is 194 Å². The molecule has 3 heterocycles. The van der Waals surface area contributed by atoms with Gasteiger partial charge >= 0.3 is 0 Å². The van der Waals surface area contributed by atoms with Crippen molar-refractivity contribution in [3.05, 3.63) is 72.3 Å². The number of aryl methyl sites for hydroxylation is 1. The maximum Gasteiger partial charge on any atom is 0.274 e. The molecule has 172 valence electrons. The van der Waals surface area contributed by atoms with Gasteiger partial charge in [0.2, 0.25) is 5.91 Å². The largest absolute Gasteiger partial charge is 0.355 e. The molecule has 0 radical (unpaired) electrons.